The van der Waals surface area contributed by atoms with E-state index >= 15 is 0 Å². The van der Waals surface area contributed by atoms with E-state index in [1.54, 1.807) is 24.3 Å². The number of halogens is 5. The number of hydrogen-bond acceptors (Lipinski definition) is 5. The molecule has 3 aromatic rings. The first kappa shape index (κ1) is 29.7. The molecule has 2 amide bonds. The summed E-state index contributed by atoms with van der Waals surface area (Å²) in [5, 5.41) is 15.7. The zero-order chi connectivity index (χ0) is 28.9. The Hall–Kier alpha value is -3.25. The lowest BCUT2D eigenvalue weighted by Gasteiger charge is -2.29. The van der Waals surface area contributed by atoms with E-state index in [2.05, 4.69) is 36.7 Å². The standard InChI is InChI=1S/C28H25BrClF3N4O3/c29-20-6-8-25(35-26(39)19-4-1-17(2-5-19)16-37-11-9-21(38)10-12-37)22(14-20)27(40)36-34-15-18-3-7-24(30)23(13-18)28(31,32)33/h1-8,13-15,21,38H,9-12,16H2,(H,35,39)(H,36,40)/b34-15+. The maximum atomic E-state index is 13.1. The summed E-state index contributed by atoms with van der Waals surface area (Å²) in [6.45, 7) is 2.35. The van der Waals surface area contributed by atoms with Gasteiger partial charge in [0.25, 0.3) is 11.8 Å². The van der Waals surface area contributed by atoms with Crippen LogP contribution in [0.1, 0.15) is 50.2 Å². The van der Waals surface area contributed by atoms with Crippen LogP contribution in [0.15, 0.2) is 70.2 Å². The van der Waals surface area contributed by atoms with E-state index in [1.807, 2.05) is 12.1 Å². The fraction of sp³-hybridized carbons (Fsp3) is 0.250. The zero-order valence-corrected chi connectivity index (χ0v) is 23.4. The van der Waals surface area contributed by atoms with E-state index < -0.39 is 28.6 Å². The van der Waals surface area contributed by atoms with Gasteiger partial charge in [-0.15, -0.1) is 0 Å². The second kappa shape index (κ2) is 12.9. The van der Waals surface area contributed by atoms with Gasteiger partial charge in [-0.25, -0.2) is 5.43 Å². The molecule has 0 saturated carbocycles. The lowest BCUT2D eigenvalue weighted by molar-refractivity contribution is -0.137. The summed E-state index contributed by atoms with van der Waals surface area (Å²) in [6, 6.07) is 15.1. The van der Waals surface area contributed by atoms with Crippen LogP contribution in [0.4, 0.5) is 18.9 Å². The van der Waals surface area contributed by atoms with E-state index in [0.29, 0.717) is 10.0 Å². The molecule has 210 valence electrons. The third kappa shape index (κ3) is 7.91. The van der Waals surface area contributed by atoms with Crippen LogP contribution < -0.4 is 10.7 Å². The predicted octanol–water partition coefficient (Wildman–Crippen LogP) is 6.09. The topological polar surface area (TPSA) is 94.0 Å². The van der Waals surface area contributed by atoms with Gasteiger partial charge in [-0.2, -0.15) is 18.3 Å². The lowest BCUT2D eigenvalue weighted by atomic mass is 10.1. The molecule has 1 aliphatic heterocycles. The molecule has 0 atom stereocenters. The lowest BCUT2D eigenvalue weighted by Crippen LogP contribution is -2.35. The van der Waals surface area contributed by atoms with Crippen LogP contribution in [0.3, 0.4) is 0 Å². The second-order valence-electron chi connectivity index (χ2n) is 9.28. The minimum absolute atomic E-state index is 0.0844. The minimum atomic E-state index is -4.63. The fourth-order valence-electron chi connectivity index (χ4n) is 4.17. The van der Waals surface area contributed by atoms with Crippen LogP contribution in [-0.4, -0.2) is 47.2 Å². The average molecular weight is 638 g/mol. The van der Waals surface area contributed by atoms with Crippen molar-refractivity contribution in [1.82, 2.24) is 10.3 Å². The van der Waals surface area contributed by atoms with E-state index in [-0.39, 0.29) is 22.9 Å². The van der Waals surface area contributed by atoms with Gasteiger partial charge in [0.2, 0.25) is 0 Å². The van der Waals surface area contributed by atoms with Gasteiger partial charge in [0.05, 0.1) is 34.2 Å². The van der Waals surface area contributed by atoms with Crippen LogP contribution >= 0.6 is 27.5 Å². The molecule has 3 N–H and O–H groups in total. The van der Waals surface area contributed by atoms with Crippen LogP contribution in [0.5, 0.6) is 0 Å². The molecule has 0 bridgehead atoms. The highest BCUT2D eigenvalue weighted by molar-refractivity contribution is 9.10. The number of rotatable bonds is 7. The number of benzene rings is 3. The molecule has 3 aromatic carbocycles. The van der Waals surface area contributed by atoms with Crippen molar-refractivity contribution in [3.8, 4) is 0 Å². The molecule has 1 heterocycles. The van der Waals surface area contributed by atoms with Crippen molar-refractivity contribution in [2.75, 3.05) is 18.4 Å². The SMILES string of the molecule is O=C(Nc1ccc(Br)cc1C(=O)N/N=C/c1ccc(Cl)c(C(F)(F)F)c1)c1ccc(CN2CCC(O)CC2)cc1. The fourth-order valence-corrected chi connectivity index (χ4v) is 4.76. The van der Waals surface area contributed by atoms with Gasteiger partial charge in [-0.05, 0) is 66.4 Å². The van der Waals surface area contributed by atoms with Crippen molar-refractivity contribution in [3.05, 3.63) is 98.0 Å². The summed E-state index contributed by atoms with van der Waals surface area (Å²) in [5.41, 5.74) is 3.10. The summed E-state index contributed by atoms with van der Waals surface area (Å²) in [4.78, 5) is 28.0. The van der Waals surface area contributed by atoms with Crippen molar-refractivity contribution in [2.45, 2.75) is 31.7 Å². The number of carbonyl (C=O) groups excluding carboxylic acids is 2. The van der Waals surface area contributed by atoms with E-state index in [1.165, 1.54) is 12.1 Å². The maximum absolute atomic E-state index is 13.1. The molecule has 1 saturated heterocycles. The van der Waals surface area contributed by atoms with Crippen LogP contribution in [-0.2, 0) is 12.7 Å². The molecule has 4 rings (SSSR count). The van der Waals surface area contributed by atoms with Crippen molar-refractivity contribution < 1.29 is 27.9 Å². The number of hydrogen-bond donors (Lipinski definition) is 3. The van der Waals surface area contributed by atoms with Gasteiger partial charge >= 0.3 is 6.18 Å². The first-order chi connectivity index (χ1) is 19.0. The number of nitrogens with one attached hydrogen (secondary N) is 2. The van der Waals surface area contributed by atoms with Gasteiger partial charge in [0, 0.05) is 29.7 Å². The quantitative estimate of drug-likeness (QED) is 0.216. The summed E-state index contributed by atoms with van der Waals surface area (Å²) >= 11 is 8.93. The van der Waals surface area contributed by atoms with Gasteiger partial charge in [0.15, 0.2) is 0 Å². The molecular weight excluding hydrogens is 613 g/mol. The van der Waals surface area contributed by atoms with Crippen molar-refractivity contribution in [1.29, 1.82) is 0 Å². The summed E-state index contributed by atoms with van der Waals surface area (Å²) in [7, 11) is 0. The third-order valence-corrected chi connectivity index (χ3v) is 7.15. The number of aliphatic hydroxyl groups is 1. The van der Waals surface area contributed by atoms with Gasteiger partial charge in [-0.1, -0.05) is 45.7 Å². The summed E-state index contributed by atoms with van der Waals surface area (Å²) < 4.78 is 39.8. The number of nitrogens with zero attached hydrogens (tertiary/aromatic N) is 2. The predicted molar refractivity (Wildman–Crippen MR) is 151 cm³/mol. The Bertz CT molecular complexity index is 1410. The van der Waals surface area contributed by atoms with Crippen LogP contribution in [0.2, 0.25) is 5.02 Å². The molecule has 7 nitrogen and oxygen atoms in total. The number of likely N-dealkylation sites (tertiary alicyclic amines) is 1. The number of aliphatic hydroxyl groups excluding tert-OH is 1. The molecule has 1 aliphatic rings. The average Bonchev–Trinajstić information content (AvgIpc) is 2.91. The number of piperidine rings is 1. The van der Waals surface area contributed by atoms with E-state index in [0.717, 1.165) is 56.4 Å². The number of alkyl halides is 3. The highest BCUT2D eigenvalue weighted by atomic mass is 79.9. The minimum Gasteiger partial charge on any atom is -0.393 e. The summed E-state index contributed by atoms with van der Waals surface area (Å²) in [5.74, 6) is -1.10. The van der Waals surface area contributed by atoms with Crippen molar-refractivity contribution in [3.63, 3.8) is 0 Å². The largest absolute Gasteiger partial charge is 0.417 e. The Balaban J connectivity index is 1.41. The number of hydrazone groups is 1. The van der Waals surface area contributed by atoms with Gasteiger partial charge in [-0.3, -0.25) is 14.5 Å². The first-order valence-electron chi connectivity index (χ1n) is 12.3. The number of amides is 2. The molecule has 0 aromatic heterocycles. The Kier molecular flexibility index (Phi) is 9.62. The monoisotopic (exact) mass is 636 g/mol. The summed E-state index contributed by atoms with van der Waals surface area (Å²) in [6.07, 6.45) is -2.32. The van der Waals surface area contributed by atoms with Crippen molar-refractivity contribution >= 4 is 51.2 Å². The smallest absolute Gasteiger partial charge is 0.393 e. The third-order valence-electron chi connectivity index (χ3n) is 6.33. The molecular formula is C28H25BrClF3N4O3. The second-order valence-corrected chi connectivity index (χ2v) is 10.6. The van der Waals surface area contributed by atoms with Crippen LogP contribution in [0, 0.1) is 0 Å². The highest BCUT2D eigenvalue weighted by Crippen LogP contribution is 2.34. The molecule has 40 heavy (non-hydrogen) atoms. The zero-order valence-electron chi connectivity index (χ0n) is 21.0. The molecule has 0 radical (unpaired) electrons. The van der Waals surface area contributed by atoms with Gasteiger partial charge < -0.3 is 10.4 Å². The Morgan fingerprint density at radius 2 is 1.75 bits per heavy atom. The highest BCUT2D eigenvalue weighted by Gasteiger charge is 2.33. The number of anilines is 1. The van der Waals surface area contributed by atoms with Crippen LogP contribution in [0.25, 0.3) is 0 Å². The molecule has 1 fully saturated rings. The molecule has 12 heteroatoms. The van der Waals surface area contributed by atoms with E-state index in [4.69, 9.17) is 11.6 Å². The van der Waals surface area contributed by atoms with Gasteiger partial charge in [0.1, 0.15) is 0 Å². The number of carbonyl (C=O) groups is 2. The normalized spacial score (nSPS) is 14.8. The molecule has 0 unspecified atom stereocenters. The van der Waals surface area contributed by atoms with E-state index in [9.17, 15) is 27.9 Å². The molecule has 0 aliphatic carbocycles. The first-order valence-corrected chi connectivity index (χ1v) is 13.5. The van der Waals surface area contributed by atoms with Crippen molar-refractivity contribution in [2.24, 2.45) is 5.10 Å². The molecule has 0 spiro atoms. The Labute approximate surface area is 242 Å². The Morgan fingerprint density at radius 3 is 2.42 bits per heavy atom. The maximum Gasteiger partial charge on any atom is 0.417 e. The Morgan fingerprint density at radius 1 is 1.05 bits per heavy atom.